The van der Waals surface area contributed by atoms with E-state index in [1.54, 1.807) is 6.92 Å². The molecule has 0 unspecified atom stereocenters. The predicted molar refractivity (Wildman–Crippen MR) is 65.6 cm³/mol. The number of carbonyl (C=O) groups is 1. The second kappa shape index (κ2) is 5.72. The molecule has 0 saturated carbocycles. The van der Waals surface area contributed by atoms with E-state index < -0.39 is 0 Å². The average molecular weight is 265 g/mol. The monoisotopic (exact) mass is 265 g/mol. The van der Waals surface area contributed by atoms with E-state index in [4.69, 9.17) is 10.2 Å². The Hall–Kier alpha value is -2.06. The summed E-state index contributed by atoms with van der Waals surface area (Å²) >= 11 is 0. The first-order valence-electron chi connectivity index (χ1n) is 5.85. The number of hydrogen-bond donors (Lipinski definition) is 2. The van der Waals surface area contributed by atoms with Crippen molar-refractivity contribution in [3.8, 4) is 0 Å². The second-order valence-electron chi connectivity index (χ2n) is 3.97. The van der Waals surface area contributed by atoms with Crippen LogP contribution in [0.3, 0.4) is 0 Å². The zero-order valence-corrected chi connectivity index (χ0v) is 10.5. The molecule has 0 atom stereocenters. The lowest BCUT2D eigenvalue weighted by Crippen LogP contribution is -2.36. The number of nitrogens with zero attached hydrogens (tertiary/aromatic N) is 5. The van der Waals surface area contributed by atoms with Crippen LogP contribution in [-0.4, -0.2) is 66.9 Å². The van der Waals surface area contributed by atoms with E-state index in [1.807, 2.05) is 0 Å². The van der Waals surface area contributed by atoms with Crippen LogP contribution in [0.5, 0.6) is 0 Å². The number of rotatable bonds is 5. The Morgan fingerprint density at radius 3 is 2.63 bits per heavy atom. The maximum atomic E-state index is 12.3. The normalized spacial score (nSPS) is 10.9. The molecule has 2 N–H and O–H groups in total. The summed E-state index contributed by atoms with van der Waals surface area (Å²) < 4.78 is 1.48. The fourth-order valence-corrected chi connectivity index (χ4v) is 1.83. The van der Waals surface area contributed by atoms with Gasteiger partial charge in [-0.1, -0.05) is 0 Å². The van der Waals surface area contributed by atoms with Gasteiger partial charge in [0.2, 0.25) is 0 Å². The summed E-state index contributed by atoms with van der Waals surface area (Å²) in [6.07, 6.45) is 2.80. The highest BCUT2D eigenvalue weighted by molar-refractivity contribution is 5.95. The molecule has 0 aromatic carbocycles. The minimum Gasteiger partial charge on any atom is -0.395 e. The first-order valence-corrected chi connectivity index (χ1v) is 5.85. The topological polar surface area (TPSA) is 104 Å². The van der Waals surface area contributed by atoms with Crippen molar-refractivity contribution in [1.82, 2.24) is 24.5 Å². The van der Waals surface area contributed by atoms with E-state index >= 15 is 0 Å². The maximum Gasteiger partial charge on any atom is 0.257 e. The highest BCUT2D eigenvalue weighted by Gasteiger charge is 2.19. The van der Waals surface area contributed by atoms with Gasteiger partial charge in [0.15, 0.2) is 0 Å². The zero-order valence-electron chi connectivity index (χ0n) is 10.5. The highest BCUT2D eigenvalue weighted by Crippen LogP contribution is 2.10. The van der Waals surface area contributed by atoms with Crippen molar-refractivity contribution in [3.63, 3.8) is 0 Å². The SMILES string of the molecule is Cc1c(C(=O)N(CCO)CCO)cnc2ncnn12. The van der Waals surface area contributed by atoms with Crippen molar-refractivity contribution in [2.24, 2.45) is 0 Å². The lowest BCUT2D eigenvalue weighted by atomic mass is 10.2. The molecule has 19 heavy (non-hydrogen) atoms. The molecule has 2 aromatic rings. The number of fused-ring (bicyclic) bond motifs is 1. The van der Waals surface area contributed by atoms with Crippen LogP contribution in [0.2, 0.25) is 0 Å². The second-order valence-corrected chi connectivity index (χ2v) is 3.97. The molecule has 0 aliphatic rings. The van der Waals surface area contributed by atoms with Gasteiger partial charge in [0.05, 0.1) is 24.5 Å². The van der Waals surface area contributed by atoms with Gasteiger partial charge in [0.25, 0.3) is 11.7 Å². The van der Waals surface area contributed by atoms with Crippen LogP contribution in [0.1, 0.15) is 16.1 Å². The average Bonchev–Trinajstić information content (AvgIpc) is 2.87. The zero-order chi connectivity index (χ0) is 13.8. The number of carbonyl (C=O) groups excluding carboxylic acids is 1. The fourth-order valence-electron chi connectivity index (χ4n) is 1.83. The van der Waals surface area contributed by atoms with Crippen LogP contribution in [0, 0.1) is 6.92 Å². The Bertz CT molecular complexity index is 577. The van der Waals surface area contributed by atoms with E-state index in [0.29, 0.717) is 17.0 Å². The third-order valence-corrected chi connectivity index (χ3v) is 2.80. The molecular formula is C11H15N5O3. The van der Waals surface area contributed by atoms with E-state index in [9.17, 15) is 4.79 Å². The summed E-state index contributed by atoms with van der Waals surface area (Å²) in [4.78, 5) is 21.7. The first-order chi connectivity index (χ1) is 9.19. The largest absolute Gasteiger partial charge is 0.395 e. The maximum absolute atomic E-state index is 12.3. The summed E-state index contributed by atoms with van der Waals surface area (Å²) in [6, 6.07) is 0. The van der Waals surface area contributed by atoms with Gasteiger partial charge < -0.3 is 15.1 Å². The highest BCUT2D eigenvalue weighted by atomic mass is 16.3. The van der Waals surface area contributed by atoms with Crippen LogP contribution in [-0.2, 0) is 0 Å². The van der Waals surface area contributed by atoms with Gasteiger partial charge in [-0.15, -0.1) is 0 Å². The molecule has 2 heterocycles. The molecule has 8 heteroatoms. The molecule has 0 bridgehead atoms. The van der Waals surface area contributed by atoms with E-state index in [1.165, 1.54) is 21.9 Å². The van der Waals surface area contributed by atoms with E-state index in [0.717, 1.165) is 0 Å². The van der Waals surface area contributed by atoms with Crippen LogP contribution < -0.4 is 0 Å². The van der Waals surface area contributed by atoms with E-state index in [2.05, 4.69) is 15.1 Å². The molecule has 0 fully saturated rings. The minimum atomic E-state index is -0.300. The number of hydrogen-bond acceptors (Lipinski definition) is 6. The Kier molecular flexibility index (Phi) is 4.03. The molecule has 0 saturated heterocycles. The summed E-state index contributed by atoms with van der Waals surface area (Å²) in [5.74, 6) is 0.121. The Morgan fingerprint density at radius 2 is 2.00 bits per heavy atom. The Morgan fingerprint density at radius 1 is 1.32 bits per heavy atom. The van der Waals surface area contributed by atoms with Crippen LogP contribution in [0.4, 0.5) is 0 Å². The third-order valence-electron chi connectivity index (χ3n) is 2.80. The molecule has 0 spiro atoms. The van der Waals surface area contributed by atoms with Crippen LogP contribution >= 0.6 is 0 Å². The number of aryl methyl sites for hydroxylation is 1. The number of aromatic nitrogens is 4. The number of aliphatic hydroxyl groups excluding tert-OH is 2. The molecule has 0 radical (unpaired) electrons. The van der Waals surface area contributed by atoms with Gasteiger partial charge in [-0.3, -0.25) is 4.79 Å². The fraction of sp³-hybridized carbons (Fsp3) is 0.455. The lowest BCUT2D eigenvalue weighted by molar-refractivity contribution is 0.0683. The molecule has 1 amide bonds. The quantitative estimate of drug-likeness (QED) is 0.708. The van der Waals surface area contributed by atoms with Gasteiger partial charge in [0, 0.05) is 19.3 Å². The summed E-state index contributed by atoms with van der Waals surface area (Å²) in [6.45, 7) is 1.74. The van der Waals surface area contributed by atoms with Crippen molar-refractivity contribution in [3.05, 3.63) is 23.8 Å². The van der Waals surface area contributed by atoms with Gasteiger partial charge >= 0.3 is 0 Å². The Labute approximate surface area is 109 Å². The summed E-state index contributed by atoms with van der Waals surface area (Å²) in [5.41, 5.74) is 0.994. The van der Waals surface area contributed by atoms with Crippen molar-refractivity contribution in [2.75, 3.05) is 26.3 Å². The first kappa shape index (κ1) is 13.4. The van der Waals surface area contributed by atoms with E-state index in [-0.39, 0.29) is 32.2 Å². The number of amides is 1. The van der Waals surface area contributed by atoms with Crippen LogP contribution in [0.25, 0.3) is 5.78 Å². The molecule has 0 aliphatic heterocycles. The van der Waals surface area contributed by atoms with Crippen molar-refractivity contribution in [1.29, 1.82) is 0 Å². The molecule has 0 aliphatic carbocycles. The number of aliphatic hydroxyl groups is 2. The van der Waals surface area contributed by atoms with Crippen LogP contribution in [0.15, 0.2) is 12.5 Å². The van der Waals surface area contributed by atoms with Gasteiger partial charge in [-0.05, 0) is 6.92 Å². The standard InChI is InChI=1S/C11H15N5O3/c1-8-9(6-12-11-13-7-14-16(8)11)10(19)15(2-4-17)3-5-18/h6-7,17-18H,2-5H2,1H3. The smallest absolute Gasteiger partial charge is 0.257 e. The van der Waals surface area contributed by atoms with Crippen molar-refractivity contribution < 1.29 is 15.0 Å². The molecular weight excluding hydrogens is 250 g/mol. The van der Waals surface area contributed by atoms with Gasteiger partial charge in [0.1, 0.15) is 6.33 Å². The molecule has 102 valence electrons. The van der Waals surface area contributed by atoms with Gasteiger partial charge in [-0.2, -0.15) is 10.1 Å². The molecule has 8 nitrogen and oxygen atoms in total. The lowest BCUT2D eigenvalue weighted by Gasteiger charge is -2.21. The van der Waals surface area contributed by atoms with Crippen molar-refractivity contribution in [2.45, 2.75) is 6.92 Å². The van der Waals surface area contributed by atoms with Gasteiger partial charge in [-0.25, -0.2) is 9.50 Å². The Balaban J connectivity index is 2.36. The summed E-state index contributed by atoms with van der Waals surface area (Å²) in [7, 11) is 0. The predicted octanol–water partition coefficient (Wildman–Crippen LogP) is -1.14. The molecule has 2 aromatic heterocycles. The third kappa shape index (κ3) is 2.54. The summed E-state index contributed by atoms with van der Waals surface area (Å²) in [5, 5.41) is 21.9. The minimum absolute atomic E-state index is 0.161. The van der Waals surface area contributed by atoms with Crippen molar-refractivity contribution >= 4 is 11.7 Å². The molecule has 2 rings (SSSR count).